The van der Waals surface area contributed by atoms with Crippen LogP contribution in [0.4, 0.5) is 4.39 Å². The minimum atomic E-state index is -0.997. The second-order valence-electron chi connectivity index (χ2n) is 6.67. The topological polar surface area (TPSA) is 43.4 Å². The number of Topliss-reactive ketones (excluding diaryl/α,β-unsaturated/α-hetero) is 2. The van der Waals surface area contributed by atoms with Crippen LogP contribution < -0.4 is 4.74 Å². The molecule has 2 aromatic rings. The lowest BCUT2D eigenvalue weighted by molar-refractivity contribution is -0.124. The first kappa shape index (κ1) is 19.1. The summed E-state index contributed by atoms with van der Waals surface area (Å²) in [5, 5.41) is 0.192. The quantitative estimate of drug-likeness (QED) is 0.565. The first-order valence-electron chi connectivity index (χ1n) is 8.51. The molecule has 27 heavy (non-hydrogen) atoms. The Morgan fingerprint density at radius 1 is 1.30 bits per heavy atom. The van der Waals surface area contributed by atoms with Gasteiger partial charge in [-0.15, -0.1) is 12.3 Å². The van der Waals surface area contributed by atoms with E-state index in [9.17, 15) is 14.0 Å². The van der Waals surface area contributed by atoms with Crippen LogP contribution in [0.1, 0.15) is 29.9 Å². The van der Waals surface area contributed by atoms with Gasteiger partial charge in [0.2, 0.25) is 0 Å². The lowest BCUT2D eigenvalue weighted by Crippen LogP contribution is -2.16. The number of benzene rings is 2. The molecule has 0 aromatic heterocycles. The first-order valence-corrected chi connectivity index (χ1v) is 8.89. The summed E-state index contributed by atoms with van der Waals surface area (Å²) in [6, 6.07) is 8.04. The van der Waals surface area contributed by atoms with Gasteiger partial charge in [0, 0.05) is 34.9 Å². The van der Waals surface area contributed by atoms with Gasteiger partial charge in [-0.2, -0.15) is 0 Å². The van der Waals surface area contributed by atoms with E-state index in [1.54, 1.807) is 31.2 Å². The number of terminal acetylenes is 1. The maximum absolute atomic E-state index is 14.4. The van der Waals surface area contributed by atoms with E-state index in [0.29, 0.717) is 16.7 Å². The molecule has 5 heteroatoms. The molecular weight excluding hydrogens is 367 g/mol. The molecule has 0 heterocycles. The summed E-state index contributed by atoms with van der Waals surface area (Å²) >= 11 is 6.44. The average molecular weight is 385 g/mol. The fourth-order valence-corrected chi connectivity index (χ4v) is 3.85. The van der Waals surface area contributed by atoms with Gasteiger partial charge < -0.3 is 4.74 Å². The first-order chi connectivity index (χ1) is 12.9. The predicted octanol–water partition coefficient (Wildman–Crippen LogP) is 4.73. The monoisotopic (exact) mass is 384 g/mol. The van der Waals surface area contributed by atoms with Crippen LogP contribution in [-0.2, 0) is 9.59 Å². The molecule has 3 rings (SSSR count). The summed E-state index contributed by atoms with van der Waals surface area (Å²) in [5.41, 5.74) is 2.00. The van der Waals surface area contributed by atoms with Crippen molar-refractivity contribution in [3.63, 3.8) is 0 Å². The third-order valence-electron chi connectivity index (χ3n) is 4.86. The number of methoxy groups -OCH3 is 1. The van der Waals surface area contributed by atoms with Gasteiger partial charge in [0.1, 0.15) is 23.3 Å². The second kappa shape index (κ2) is 7.54. The third kappa shape index (κ3) is 3.48. The zero-order chi connectivity index (χ0) is 19.7. The van der Waals surface area contributed by atoms with Crippen LogP contribution in [0.25, 0.3) is 11.1 Å². The van der Waals surface area contributed by atoms with E-state index in [-0.39, 0.29) is 41.0 Å². The van der Waals surface area contributed by atoms with Crippen LogP contribution in [0.15, 0.2) is 30.3 Å². The molecule has 3 nitrogen and oxygen atoms in total. The third-order valence-corrected chi connectivity index (χ3v) is 5.17. The minimum Gasteiger partial charge on any atom is -0.496 e. The molecular formula is C22H18ClFO3. The van der Waals surface area contributed by atoms with Crippen molar-refractivity contribution in [1.29, 1.82) is 0 Å². The average Bonchev–Trinajstić information content (AvgIpc) is 2.88. The van der Waals surface area contributed by atoms with Gasteiger partial charge in [-0.1, -0.05) is 23.7 Å². The van der Waals surface area contributed by atoms with Crippen LogP contribution in [-0.4, -0.2) is 18.7 Å². The number of carbonyl (C=O) groups is 2. The number of hydrogen-bond donors (Lipinski definition) is 0. The van der Waals surface area contributed by atoms with Gasteiger partial charge in [-0.05, 0) is 36.2 Å². The van der Waals surface area contributed by atoms with E-state index in [2.05, 4.69) is 5.92 Å². The molecule has 0 aliphatic heterocycles. The Morgan fingerprint density at radius 3 is 2.67 bits per heavy atom. The number of carbonyl (C=O) groups excluding carboxylic acids is 2. The number of ether oxygens (including phenoxy) is 1. The Hall–Kier alpha value is -2.64. The van der Waals surface area contributed by atoms with Crippen molar-refractivity contribution in [2.75, 3.05) is 7.11 Å². The molecule has 138 valence electrons. The smallest absolute Gasteiger partial charge is 0.152 e. The van der Waals surface area contributed by atoms with Crippen molar-refractivity contribution in [2.45, 2.75) is 25.7 Å². The highest BCUT2D eigenvalue weighted by atomic mass is 35.5. The Morgan fingerprint density at radius 2 is 2.04 bits per heavy atom. The van der Waals surface area contributed by atoms with Crippen molar-refractivity contribution in [2.24, 2.45) is 5.92 Å². The lowest BCUT2D eigenvalue weighted by Gasteiger charge is -2.17. The van der Waals surface area contributed by atoms with Crippen molar-refractivity contribution in [3.05, 3.63) is 52.3 Å². The molecule has 0 radical (unpaired) electrons. The number of halogens is 2. The molecule has 1 saturated carbocycles. The largest absolute Gasteiger partial charge is 0.496 e. The van der Waals surface area contributed by atoms with Crippen molar-refractivity contribution in [1.82, 2.24) is 0 Å². The van der Waals surface area contributed by atoms with E-state index in [0.717, 1.165) is 5.56 Å². The molecule has 0 spiro atoms. The summed E-state index contributed by atoms with van der Waals surface area (Å²) in [4.78, 5) is 25.2. The summed E-state index contributed by atoms with van der Waals surface area (Å²) in [6.07, 6.45) is 5.61. The lowest BCUT2D eigenvalue weighted by atomic mass is 9.90. The van der Waals surface area contributed by atoms with Crippen LogP contribution in [0.2, 0.25) is 5.02 Å². The van der Waals surface area contributed by atoms with E-state index in [1.807, 2.05) is 0 Å². The van der Waals surface area contributed by atoms with Crippen LogP contribution in [0.5, 0.6) is 5.75 Å². The standard InChI is InChI=1S/C22H18ClFO3/c1-4-5-13-10-18(25)21(22(13)26)20-16(23)9-14(11-19(20)27-3)15-7-6-12(2)8-17(15)24/h1,6-9,11,13,21H,5,10H2,2-3H3. The van der Waals surface area contributed by atoms with E-state index >= 15 is 0 Å². The number of ketones is 2. The summed E-state index contributed by atoms with van der Waals surface area (Å²) in [7, 11) is 1.42. The fraction of sp³-hybridized carbons (Fsp3) is 0.273. The minimum absolute atomic E-state index is 0.0987. The predicted molar refractivity (Wildman–Crippen MR) is 102 cm³/mol. The van der Waals surface area contributed by atoms with Gasteiger partial charge in [-0.3, -0.25) is 9.59 Å². The molecule has 0 saturated heterocycles. The molecule has 0 bridgehead atoms. The number of rotatable bonds is 4. The summed E-state index contributed by atoms with van der Waals surface area (Å²) < 4.78 is 19.8. The molecule has 1 fully saturated rings. The molecule has 0 amide bonds. The number of hydrogen-bond acceptors (Lipinski definition) is 3. The van der Waals surface area contributed by atoms with Crippen molar-refractivity contribution < 1.29 is 18.7 Å². The Bertz CT molecular complexity index is 974. The Balaban J connectivity index is 2.10. The highest BCUT2D eigenvalue weighted by Crippen LogP contribution is 2.44. The highest BCUT2D eigenvalue weighted by Gasteiger charge is 2.43. The Kier molecular flexibility index (Phi) is 5.34. The zero-order valence-electron chi connectivity index (χ0n) is 15.0. The van der Waals surface area contributed by atoms with Crippen molar-refractivity contribution in [3.8, 4) is 29.2 Å². The molecule has 2 aromatic carbocycles. The van der Waals surface area contributed by atoms with E-state index < -0.39 is 11.8 Å². The normalized spacial score (nSPS) is 19.2. The fourth-order valence-electron chi connectivity index (χ4n) is 3.53. The van der Waals surface area contributed by atoms with E-state index in [1.165, 1.54) is 13.2 Å². The van der Waals surface area contributed by atoms with Crippen LogP contribution in [0.3, 0.4) is 0 Å². The van der Waals surface area contributed by atoms with Gasteiger partial charge in [0.05, 0.1) is 7.11 Å². The number of aryl methyl sites for hydroxylation is 1. The highest BCUT2D eigenvalue weighted by molar-refractivity contribution is 6.33. The SMILES string of the molecule is C#CCC1CC(=O)C(c2c(Cl)cc(-c3ccc(C)cc3F)cc2OC)C1=O. The van der Waals surface area contributed by atoms with Gasteiger partial charge in [0.25, 0.3) is 0 Å². The second-order valence-corrected chi connectivity index (χ2v) is 7.08. The van der Waals surface area contributed by atoms with Crippen LogP contribution >= 0.6 is 11.6 Å². The Labute approximate surface area is 162 Å². The zero-order valence-corrected chi connectivity index (χ0v) is 15.8. The maximum atomic E-state index is 14.4. The van der Waals surface area contributed by atoms with E-state index in [4.69, 9.17) is 22.8 Å². The molecule has 2 atom stereocenters. The van der Waals surface area contributed by atoms with Gasteiger partial charge in [-0.25, -0.2) is 4.39 Å². The van der Waals surface area contributed by atoms with Gasteiger partial charge in [0.15, 0.2) is 5.78 Å². The van der Waals surface area contributed by atoms with Crippen molar-refractivity contribution >= 4 is 23.2 Å². The molecule has 2 unspecified atom stereocenters. The molecule has 1 aliphatic carbocycles. The molecule has 1 aliphatic rings. The summed E-state index contributed by atoms with van der Waals surface area (Å²) in [6.45, 7) is 1.80. The summed E-state index contributed by atoms with van der Waals surface area (Å²) in [5.74, 6) is 0.370. The molecule has 0 N–H and O–H groups in total. The van der Waals surface area contributed by atoms with Gasteiger partial charge >= 0.3 is 0 Å². The van der Waals surface area contributed by atoms with Crippen LogP contribution in [0, 0.1) is 31.0 Å². The maximum Gasteiger partial charge on any atom is 0.152 e.